The number of rotatable bonds is 8. The second-order valence-corrected chi connectivity index (χ2v) is 13.6. The van der Waals surface area contributed by atoms with E-state index in [-0.39, 0.29) is 30.0 Å². The van der Waals surface area contributed by atoms with Crippen LogP contribution in [0.1, 0.15) is 60.3 Å². The number of aliphatic hydroxyl groups is 1. The highest BCUT2D eigenvalue weighted by molar-refractivity contribution is 6.74. The van der Waals surface area contributed by atoms with Gasteiger partial charge in [0.2, 0.25) is 0 Å². The summed E-state index contributed by atoms with van der Waals surface area (Å²) in [7, 11) is -1.90. The summed E-state index contributed by atoms with van der Waals surface area (Å²) in [5, 5.41) is 9.73. The van der Waals surface area contributed by atoms with E-state index in [1.54, 1.807) is 0 Å². The molecule has 5 heteroatoms. The van der Waals surface area contributed by atoms with E-state index >= 15 is 0 Å². The average Bonchev–Trinajstić information content (AvgIpc) is 2.43. The lowest BCUT2D eigenvalue weighted by Crippen LogP contribution is -2.54. The van der Waals surface area contributed by atoms with Gasteiger partial charge in [0.15, 0.2) is 14.1 Å². The van der Waals surface area contributed by atoms with E-state index in [0.717, 1.165) is 19.3 Å². The third-order valence-corrected chi connectivity index (χ3v) is 9.65. The van der Waals surface area contributed by atoms with Crippen LogP contribution in [0.4, 0.5) is 0 Å². The average molecular weight is 359 g/mol. The summed E-state index contributed by atoms with van der Waals surface area (Å²) >= 11 is 0. The topological polar surface area (TPSA) is 47.9 Å². The van der Waals surface area contributed by atoms with Crippen LogP contribution in [0.5, 0.6) is 0 Å². The first-order valence-electron chi connectivity index (χ1n) is 9.17. The van der Waals surface area contributed by atoms with Crippen LogP contribution >= 0.6 is 0 Å². The number of hydrogen-bond donors (Lipinski definition) is 1. The summed E-state index contributed by atoms with van der Waals surface area (Å²) in [4.78, 5) is 0. The smallest absolute Gasteiger partial charge is 0.192 e. The lowest BCUT2D eigenvalue weighted by atomic mass is 9.99. The molecule has 4 nitrogen and oxygen atoms in total. The van der Waals surface area contributed by atoms with E-state index in [9.17, 15) is 5.11 Å². The van der Waals surface area contributed by atoms with Crippen LogP contribution in [0, 0.1) is 0 Å². The van der Waals surface area contributed by atoms with Gasteiger partial charge in [0.05, 0.1) is 24.9 Å². The SMILES string of the molecule is C=CCCC[C@@H](O[Si](C)(C)C(C)(C)C)[C@H]1C[C@H](CO)OC(C)(C)O1. The highest BCUT2D eigenvalue weighted by Gasteiger charge is 2.44. The van der Waals surface area contributed by atoms with E-state index in [1.165, 1.54) is 0 Å². The van der Waals surface area contributed by atoms with Gasteiger partial charge in [0, 0.05) is 6.42 Å². The normalized spacial score (nSPS) is 26.2. The quantitative estimate of drug-likeness (QED) is 0.390. The van der Waals surface area contributed by atoms with Crippen LogP contribution in [0.3, 0.4) is 0 Å². The lowest BCUT2D eigenvalue weighted by Gasteiger charge is -2.46. The third kappa shape index (κ3) is 6.26. The van der Waals surface area contributed by atoms with Crippen molar-refractivity contribution < 1.29 is 19.0 Å². The Morgan fingerprint density at radius 2 is 1.96 bits per heavy atom. The van der Waals surface area contributed by atoms with E-state index in [4.69, 9.17) is 13.9 Å². The van der Waals surface area contributed by atoms with Gasteiger partial charge in [-0.25, -0.2) is 0 Å². The van der Waals surface area contributed by atoms with E-state index < -0.39 is 14.1 Å². The molecule has 0 aliphatic carbocycles. The molecule has 0 amide bonds. The zero-order chi connectivity index (χ0) is 18.6. The maximum absolute atomic E-state index is 9.57. The zero-order valence-electron chi connectivity index (χ0n) is 16.7. The number of unbranched alkanes of at least 4 members (excludes halogenated alkanes) is 1. The van der Waals surface area contributed by atoms with Crippen LogP contribution in [0.25, 0.3) is 0 Å². The predicted molar refractivity (Wildman–Crippen MR) is 102 cm³/mol. The molecule has 0 radical (unpaired) electrons. The minimum atomic E-state index is -1.90. The molecule has 3 atom stereocenters. The van der Waals surface area contributed by atoms with Crippen molar-refractivity contribution in [2.45, 2.75) is 103 Å². The number of ether oxygens (including phenoxy) is 2. The van der Waals surface area contributed by atoms with Crippen molar-refractivity contribution >= 4 is 8.32 Å². The molecule has 1 saturated heterocycles. The van der Waals surface area contributed by atoms with Crippen LogP contribution in [-0.4, -0.2) is 44.1 Å². The van der Waals surface area contributed by atoms with Crippen molar-refractivity contribution in [3.8, 4) is 0 Å². The Morgan fingerprint density at radius 3 is 2.46 bits per heavy atom. The van der Waals surface area contributed by atoms with Gasteiger partial charge in [0.25, 0.3) is 0 Å². The molecule has 0 bridgehead atoms. The molecule has 1 fully saturated rings. The molecule has 0 saturated carbocycles. The second kappa shape index (κ2) is 8.45. The minimum absolute atomic E-state index is 0.0166. The van der Waals surface area contributed by atoms with Crippen LogP contribution < -0.4 is 0 Å². The summed E-state index contributed by atoms with van der Waals surface area (Å²) in [6.45, 7) is 19.0. The molecule has 142 valence electrons. The van der Waals surface area contributed by atoms with Gasteiger partial charge in [-0.05, 0) is 51.2 Å². The van der Waals surface area contributed by atoms with Crippen LogP contribution in [0.2, 0.25) is 18.1 Å². The second-order valence-electron chi connectivity index (χ2n) is 8.85. The van der Waals surface area contributed by atoms with Crippen molar-refractivity contribution in [2.24, 2.45) is 0 Å². The van der Waals surface area contributed by atoms with Gasteiger partial charge in [-0.2, -0.15) is 0 Å². The minimum Gasteiger partial charge on any atom is -0.411 e. The Kier molecular flexibility index (Phi) is 7.69. The van der Waals surface area contributed by atoms with Gasteiger partial charge < -0.3 is 19.0 Å². The fourth-order valence-electron chi connectivity index (χ4n) is 2.83. The summed E-state index contributed by atoms with van der Waals surface area (Å²) in [5.41, 5.74) is 0. The monoisotopic (exact) mass is 358 g/mol. The Morgan fingerprint density at radius 1 is 1.33 bits per heavy atom. The summed E-state index contributed by atoms with van der Waals surface area (Å²) in [6.07, 6.45) is 5.37. The number of hydrogen-bond acceptors (Lipinski definition) is 4. The van der Waals surface area contributed by atoms with E-state index in [2.05, 4.69) is 40.4 Å². The van der Waals surface area contributed by atoms with Crippen LogP contribution in [-0.2, 0) is 13.9 Å². The van der Waals surface area contributed by atoms with Crippen molar-refractivity contribution in [3.63, 3.8) is 0 Å². The number of aliphatic hydroxyl groups excluding tert-OH is 1. The molecule has 0 unspecified atom stereocenters. The molecule has 1 rings (SSSR count). The first-order chi connectivity index (χ1) is 10.9. The molecule has 0 aromatic rings. The molecular weight excluding hydrogens is 320 g/mol. The van der Waals surface area contributed by atoms with Crippen molar-refractivity contribution in [2.75, 3.05) is 6.61 Å². The Balaban J connectivity index is 2.93. The van der Waals surface area contributed by atoms with Gasteiger partial charge in [-0.3, -0.25) is 0 Å². The van der Waals surface area contributed by atoms with Crippen LogP contribution in [0.15, 0.2) is 12.7 Å². The summed E-state index contributed by atoms with van der Waals surface area (Å²) < 4.78 is 18.7. The third-order valence-electron chi connectivity index (χ3n) is 5.15. The summed E-state index contributed by atoms with van der Waals surface area (Å²) in [6, 6.07) is 0. The molecule has 24 heavy (non-hydrogen) atoms. The van der Waals surface area contributed by atoms with E-state index in [0.29, 0.717) is 6.42 Å². The molecule has 1 heterocycles. The van der Waals surface area contributed by atoms with Gasteiger partial charge in [-0.15, -0.1) is 6.58 Å². The first kappa shape index (κ1) is 21.8. The van der Waals surface area contributed by atoms with Crippen molar-refractivity contribution in [1.29, 1.82) is 0 Å². The first-order valence-corrected chi connectivity index (χ1v) is 12.1. The van der Waals surface area contributed by atoms with Crippen molar-refractivity contribution in [3.05, 3.63) is 12.7 Å². The largest absolute Gasteiger partial charge is 0.411 e. The predicted octanol–water partition coefficient (Wildman–Crippen LogP) is 4.64. The standard InChI is InChI=1S/C19H38O4Si/c1-9-10-11-12-16(23-24(7,8)18(2,3)4)17-13-15(14-20)21-19(5,6)22-17/h9,15-17,20H,1,10-14H2,2-8H3/t15-,16-,17-/m1/s1. The molecule has 1 aliphatic rings. The summed E-state index contributed by atoms with van der Waals surface area (Å²) in [5.74, 6) is -0.691. The van der Waals surface area contributed by atoms with Gasteiger partial charge in [-0.1, -0.05) is 26.8 Å². The Bertz CT molecular complexity index is 401. The van der Waals surface area contributed by atoms with Crippen molar-refractivity contribution in [1.82, 2.24) is 0 Å². The molecule has 0 aromatic carbocycles. The molecular formula is C19H38O4Si. The molecule has 1 N–H and O–H groups in total. The molecule has 1 aliphatic heterocycles. The zero-order valence-corrected chi connectivity index (χ0v) is 17.7. The van der Waals surface area contributed by atoms with Gasteiger partial charge in [0.1, 0.15) is 0 Å². The number of allylic oxidation sites excluding steroid dienone is 1. The fraction of sp³-hybridized carbons (Fsp3) is 0.895. The Labute approximate surface area is 149 Å². The Hall–Kier alpha value is -0.203. The van der Waals surface area contributed by atoms with Gasteiger partial charge >= 0.3 is 0 Å². The highest BCUT2D eigenvalue weighted by Crippen LogP contribution is 2.40. The lowest BCUT2D eigenvalue weighted by molar-refractivity contribution is -0.315. The molecule has 0 spiro atoms. The van der Waals surface area contributed by atoms with E-state index in [1.807, 2.05) is 19.9 Å². The maximum atomic E-state index is 9.57. The highest BCUT2D eigenvalue weighted by atomic mass is 28.4. The fourth-order valence-corrected chi connectivity index (χ4v) is 4.21. The maximum Gasteiger partial charge on any atom is 0.192 e. The molecule has 0 aromatic heterocycles.